The van der Waals surface area contributed by atoms with E-state index in [1.54, 1.807) is 0 Å². The van der Waals surface area contributed by atoms with Crippen molar-refractivity contribution in [2.24, 2.45) is 10.2 Å². The second kappa shape index (κ2) is 6.00. The van der Waals surface area contributed by atoms with Crippen molar-refractivity contribution in [3.05, 3.63) is 58.7 Å². The van der Waals surface area contributed by atoms with Gasteiger partial charge < -0.3 is 0 Å². The summed E-state index contributed by atoms with van der Waals surface area (Å²) < 4.78 is 0. The summed E-state index contributed by atoms with van der Waals surface area (Å²) in [5, 5.41) is 8.77. The van der Waals surface area contributed by atoms with Crippen molar-refractivity contribution in [3.8, 4) is 0 Å². The van der Waals surface area contributed by atoms with Crippen LogP contribution in [0.25, 0.3) is 0 Å². The highest BCUT2D eigenvalue weighted by Crippen LogP contribution is 2.27. The third-order valence-electron chi connectivity index (χ3n) is 3.51. The van der Waals surface area contributed by atoms with E-state index in [4.69, 9.17) is 0 Å². The summed E-state index contributed by atoms with van der Waals surface area (Å²) in [5.74, 6) is 0.541. The molecule has 20 heavy (non-hydrogen) atoms. The normalized spacial score (nSPS) is 11.5. The van der Waals surface area contributed by atoms with E-state index in [2.05, 4.69) is 75.2 Å². The molecule has 2 aromatic carbocycles. The Labute approximate surface area is 121 Å². The Balaban J connectivity index is 2.27. The van der Waals surface area contributed by atoms with Gasteiger partial charge in [0.15, 0.2) is 0 Å². The molecule has 0 aromatic heterocycles. The van der Waals surface area contributed by atoms with Crippen LogP contribution in [0.4, 0.5) is 11.4 Å². The number of aryl methyl sites for hydroxylation is 3. The SMILES string of the molecule is Cc1ccc(N=Nc2ccc(C(C)C)cc2C)c(C)c1. The van der Waals surface area contributed by atoms with Crippen molar-refractivity contribution >= 4 is 11.4 Å². The summed E-state index contributed by atoms with van der Waals surface area (Å²) in [6.45, 7) is 10.6. The van der Waals surface area contributed by atoms with Crippen LogP contribution in [0.1, 0.15) is 42.0 Å². The van der Waals surface area contributed by atoms with Crippen LogP contribution < -0.4 is 0 Å². The van der Waals surface area contributed by atoms with Gasteiger partial charge in [-0.25, -0.2) is 0 Å². The summed E-state index contributed by atoms with van der Waals surface area (Å²) >= 11 is 0. The zero-order valence-corrected chi connectivity index (χ0v) is 12.9. The molecule has 0 aliphatic heterocycles. The van der Waals surface area contributed by atoms with E-state index in [1.165, 1.54) is 16.7 Å². The van der Waals surface area contributed by atoms with Gasteiger partial charge in [0.2, 0.25) is 0 Å². The molecule has 0 aliphatic carbocycles. The molecule has 2 aromatic rings. The zero-order chi connectivity index (χ0) is 14.7. The molecule has 0 aliphatic rings. The van der Waals surface area contributed by atoms with Gasteiger partial charge in [-0.1, -0.05) is 43.7 Å². The number of nitrogens with zero attached hydrogens (tertiary/aromatic N) is 2. The van der Waals surface area contributed by atoms with E-state index in [-0.39, 0.29) is 0 Å². The third-order valence-corrected chi connectivity index (χ3v) is 3.51. The maximum atomic E-state index is 4.39. The molecule has 0 saturated heterocycles. The quantitative estimate of drug-likeness (QED) is 0.595. The van der Waals surface area contributed by atoms with Crippen molar-refractivity contribution in [1.29, 1.82) is 0 Å². The number of rotatable bonds is 3. The molecule has 0 fully saturated rings. The van der Waals surface area contributed by atoms with Gasteiger partial charge in [0.25, 0.3) is 0 Å². The summed E-state index contributed by atoms with van der Waals surface area (Å²) in [7, 11) is 0. The highest BCUT2D eigenvalue weighted by atomic mass is 15.1. The van der Waals surface area contributed by atoms with Crippen molar-refractivity contribution in [3.63, 3.8) is 0 Å². The lowest BCUT2D eigenvalue weighted by Crippen LogP contribution is -1.87. The van der Waals surface area contributed by atoms with Crippen LogP contribution in [0.5, 0.6) is 0 Å². The van der Waals surface area contributed by atoms with E-state index >= 15 is 0 Å². The molecule has 0 heterocycles. The van der Waals surface area contributed by atoms with Gasteiger partial charge in [-0.05, 0) is 55.5 Å². The van der Waals surface area contributed by atoms with Crippen LogP contribution in [0.3, 0.4) is 0 Å². The van der Waals surface area contributed by atoms with Gasteiger partial charge in [-0.3, -0.25) is 0 Å². The Hall–Kier alpha value is -1.96. The van der Waals surface area contributed by atoms with Gasteiger partial charge in [0.05, 0.1) is 11.4 Å². The zero-order valence-electron chi connectivity index (χ0n) is 12.9. The first-order valence-electron chi connectivity index (χ1n) is 7.07. The second-order valence-corrected chi connectivity index (χ2v) is 5.69. The number of hydrogen-bond donors (Lipinski definition) is 0. The van der Waals surface area contributed by atoms with Crippen molar-refractivity contribution in [2.75, 3.05) is 0 Å². The lowest BCUT2D eigenvalue weighted by molar-refractivity contribution is 0.864. The first-order valence-corrected chi connectivity index (χ1v) is 7.07. The Kier molecular flexibility index (Phi) is 4.33. The first kappa shape index (κ1) is 14.4. The van der Waals surface area contributed by atoms with Gasteiger partial charge in [0.1, 0.15) is 0 Å². The summed E-state index contributed by atoms with van der Waals surface area (Å²) in [4.78, 5) is 0. The predicted molar refractivity (Wildman–Crippen MR) is 85.4 cm³/mol. The van der Waals surface area contributed by atoms with Gasteiger partial charge in [-0.2, -0.15) is 10.2 Å². The number of azo groups is 1. The van der Waals surface area contributed by atoms with Gasteiger partial charge >= 0.3 is 0 Å². The molecular formula is C18H22N2. The number of hydrogen-bond acceptors (Lipinski definition) is 2. The van der Waals surface area contributed by atoms with E-state index in [0.29, 0.717) is 5.92 Å². The molecule has 0 N–H and O–H groups in total. The molecule has 2 heteroatoms. The molecule has 0 unspecified atom stereocenters. The Bertz CT molecular complexity index is 640. The lowest BCUT2D eigenvalue weighted by Gasteiger charge is -2.07. The summed E-state index contributed by atoms with van der Waals surface area (Å²) in [5.41, 5.74) is 6.79. The molecule has 2 rings (SSSR count). The molecule has 0 bridgehead atoms. The minimum absolute atomic E-state index is 0.541. The number of benzene rings is 2. The van der Waals surface area contributed by atoms with Crippen LogP contribution in [-0.2, 0) is 0 Å². The predicted octanol–water partition coefficient (Wildman–Crippen LogP) is 6.15. The highest BCUT2D eigenvalue weighted by Gasteiger charge is 2.03. The van der Waals surface area contributed by atoms with Crippen molar-refractivity contribution < 1.29 is 0 Å². The minimum atomic E-state index is 0.541. The molecule has 0 saturated carbocycles. The molecule has 104 valence electrons. The van der Waals surface area contributed by atoms with E-state index in [0.717, 1.165) is 16.9 Å². The first-order chi connectivity index (χ1) is 9.47. The van der Waals surface area contributed by atoms with E-state index < -0.39 is 0 Å². The highest BCUT2D eigenvalue weighted by molar-refractivity contribution is 5.50. The summed E-state index contributed by atoms with van der Waals surface area (Å²) in [6, 6.07) is 12.6. The third kappa shape index (κ3) is 3.32. The van der Waals surface area contributed by atoms with Gasteiger partial charge in [0, 0.05) is 0 Å². The largest absolute Gasteiger partial charge is 0.150 e. The average Bonchev–Trinajstić information content (AvgIpc) is 2.38. The summed E-state index contributed by atoms with van der Waals surface area (Å²) in [6.07, 6.45) is 0. The fourth-order valence-corrected chi connectivity index (χ4v) is 2.18. The smallest absolute Gasteiger partial charge is 0.0886 e. The van der Waals surface area contributed by atoms with Crippen LogP contribution >= 0.6 is 0 Å². The van der Waals surface area contributed by atoms with E-state index in [1.807, 2.05) is 6.07 Å². The topological polar surface area (TPSA) is 24.7 Å². The molecule has 0 radical (unpaired) electrons. The Morgan fingerprint density at radius 2 is 1.30 bits per heavy atom. The molecule has 2 nitrogen and oxygen atoms in total. The van der Waals surface area contributed by atoms with Gasteiger partial charge in [-0.15, -0.1) is 0 Å². The maximum Gasteiger partial charge on any atom is 0.0886 e. The molecule has 0 spiro atoms. The minimum Gasteiger partial charge on any atom is -0.150 e. The molecular weight excluding hydrogens is 244 g/mol. The van der Waals surface area contributed by atoms with Crippen LogP contribution in [0.15, 0.2) is 46.6 Å². The Morgan fingerprint density at radius 3 is 1.80 bits per heavy atom. The monoisotopic (exact) mass is 266 g/mol. The average molecular weight is 266 g/mol. The fraction of sp³-hybridized carbons (Fsp3) is 0.333. The fourth-order valence-electron chi connectivity index (χ4n) is 2.18. The van der Waals surface area contributed by atoms with Crippen LogP contribution in [0, 0.1) is 20.8 Å². The maximum absolute atomic E-state index is 4.39. The lowest BCUT2D eigenvalue weighted by atomic mass is 10.0. The Morgan fingerprint density at radius 1 is 0.750 bits per heavy atom. The van der Waals surface area contributed by atoms with Crippen LogP contribution in [-0.4, -0.2) is 0 Å². The molecule has 0 atom stereocenters. The second-order valence-electron chi connectivity index (χ2n) is 5.69. The standard InChI is InChI=1S/C18H22N2/c1-12(2)16-7-9-18(15(5)11-16)20-19-17-8-6-13(3)10-14(17)4/h6-12H,1-5H3. The molecule has 0 amide bonds. The van der Waals surface area contributed by atoms with E-state index in [9.17, 15) is 0 Å². The van der Waals surface area contributed by atoms with Crippen molar-refractivity contribution in [2.45, 2.75) is 40.5 Å². The van der Waals surface area contributed by atoms with Crippen LogP contribution in [0.2, 0.25) is 0 Å². The van der Waals surface area contributed by atoms with Crippen molar-refractivity contribution in [1.82, 2.24) is 0 Å².